The van der Waals surface area contributed by atoms with Crippen molar-refractivity contribution in [3.63, 3.8) is 0 Å². The van der Waals surface area contributed by atoms with Crippen molar-refractivity contribution in [1.82, 2.24) is 0 Å². The molecule has 1 rings (SSSR count). The molecular formula is C10H7NO3. The quantitative estimate of drug-likeness (QED) is 0.572. The first-order chi connectivity index (χ1) is 6.63. The van der Waals surface area contributed by atoms with E-state index < -0.39 is 18.2 Å². The Hall–Kier alpha value is -2.15. The Labute approximate surface area is 80.4 Å². The number of ketones is 1. The fourth-order valence-electron chi connectivity index (χ4n) is 0.970. The number of carboxylic acids is 1. The Balaban J connectivity index is 2.83. The third-order valence-electron chi connectivity index (χ3n) is 1.65. The van der Waals surface area contributed by atoms with Crippen LogP contribution in [0.15, 0.2) is 24.3 Å². The van der Waals surface area contributed by atoms with E-state index in [2.05, 4.69) is 0 Å². The normalized spacial score (nSPS) is 9.07. The first-order valence-corrected chi connectivity index (χ1v) is 3.88. The van der Waals surface area contributed by atoms with Gasteiger partial charge in [0.25, 0.3) is 0 Å². The number of hydrogen-bond acceptors (Lipinski definition) is 3. The van der Waals surface area contributed by atoms with Gasteiger partial charge in [-0.2, -0.15) is 5.26 Å². The van der Waals surface area contributed by atoms with Crippen LogP contribution in [-0.4, -0.2) is 16.9 Å². The van der Waals surface area contributed by atoms with E-state index in [1.807, 2.05) is 6.07 Å². The van der Waals surface area contributed by atoms with Crippen LogP contribution in [0.3, 0.4) is 0 Å². The van der Waals surface area contributed by atoms with Gasteiger partial charge >= 0.3 is 5.97 Å². The smallest absolute Gasteiger partial charge is 0.311 e. The standard InChI is InChI=1S/C10H7NO3/c11-6-7-1-3-8(4-2-7)9(12)5-10(13)14/h1-4H,5H2,(H,13,14). The SMILES string of the molecule is N#Cc1ccc(C(=O)CC(=O)O)cc1. The van der Waals surface area contributed by atoms with Crippen molar-refractivity contribution in [2.75, 3.05) is 0 Å². The predicted octanol–water partition coefficient (Wildman–Crippen LogP) is 1.22. The molecule has 1 N–H and O–H groups in total. The molecule has 0 atom stereocenters. The van der Waals surface area contributed by atoms with Crippen molar-refractivity contribution in [2.45, 2.75) is 6.42 Å². The highest BCUT2D eigenvalue weighted by Gasteiger charge is 2.09. The summed E-state index contributed by atoms with van der Waals surface area (Å²) in [6.07, 6.45) is -0.522. The number of hydrogen-bond donors (Lipinski definition) is 1. The first kappa shape index (κ1) is 9.93. The summed E-state index contributed by atoms with van der Waals surface area (Å²) in [6.45, 7) is 0. The number of benzene rings is 1. The molecular weight excluding hydrogens is 182 g/mol. The zero-order valence-electron chi connectivity index (χ0n) is 7.23. The number of rotatable bonds is 3. The van der Waals surface area contributed by atoms with Crippen molar-refractivity contribution < 1.29 is 14.7 Å². The average Bonchev–Trinajstić information content (AvgIpc) is 2.17. The Morgan fingerprint density at radius 2 is 1.86 bits per heavy atom. The van der Waals surface area contributed by atoms with E-state index in [0.29, 0.717) is 11.1 Å². The maximum absolute atomic E-state index is 11.2. The Morgan fingerprint density at radius 3 is 2.29 bits per heavy atom. The number of carbonyl (C=O) groups excluding carboxylic acids is 1. The predicted molar refractivity (Wildman–Crippen MR) is 47.7 cm³/mol. The second-order valence-electron chi connectivity index (χ2n) is 2.68. The minimum Gasteiger partial charge on any atom is -0.481 e. The second-order valence-corrected chi connectivity index (χ2v) is 2.68. The van der Waals surface area contributed by atoms with E-state index >= 15 is 0 Å². The zero-order valence-corrected chi connectivity index (χ0v) is 7.23. The summed E-state index contributed by atoms with van der Waals surface area (Å²) < 4.78 is 0. The maximum Gasteiger partial charge on any atom is 0.311 e. The Morgan fingerprint density at radius 1 is 1.29 bits per heavy atom. The van der Waals surface area contributed by atoms with Gasteiger partial charge < -0.3 is 5.11 Å². The third kappa shape index (κ3) is 2.42. The van der Waals surface area contributed by atoms with E-state index in [4.69, 9.17) is 10.4 Å². The van der Waals surface area contributed by atoms with Gasteiger partial charge in [-0.05, 0) is 12.1 Å². The van der Waals surface area contributed by atoms with Crippen LogP contribution < -0.4 is 0 Å². The highest BCUT2D eigenvalue weighted by atomic mass is 16.4. The molecule has 0 saturated carbocycles. The topological polar surface area (TPSA) is 78.2 Å². The van der Waals surface area contributed by atoms with Crippen LogP contribution in [0.4, 0.5) is 0 Å². The lowest BCUT2D eigenvalue weighted by molar-refractivity contribution is -0.135. The highest BCUT2D eigenvalue weighted by Crippen LogP contribution is 2.06. The molecule has 0 heterocycles. The van der Waals surface area contributed by atoms with E-state index in [0.717, 1.165) is 0 Å². The van der Waals surface area contributed by atoms with Gasteiger partial charge in [0.15, 0.2) is 5.78 Å². The summed E-state index contributed by atoms with van der Waals surface area (Å²) in [7, 11) is 0. The van der Waals surface area contributed by atoms with Crippen LogP contribution in [0.5, 0.6) is 0 Å². The molecule has 4 nitrogen and oxygen atoms in total. The number of Topliss-reactive ketones (excluding diaryl/α,β-unsaturated/α-hetero) is 1. The van der Waals surface area contributed by atoms with Crippen LogP contribution in [0, 0.1) is 11.3 Å². The molecule has 0 aliphatic heterocycles. The largest absolute Gasteiger partial charge is 0.481 e. The molecule has 0 aliphatic rings. The molecule has 1 aromatic rings. The van der Waals surface area contributed by atoms with Crippen molar-refractivity contribution >= 4 is 11.8 Å². The van der Waals surface area contributed by atoms with Gasteiger partial charge in [0.05, 0.1) is 11.6 Å². The monoisotopic (exact) mass is 189 g/mol. The van der Waals surface area contributed by atoms with E-state index in [1.165, 1.54) is 24.3 Å². The van der Waals surface area contributed by atoms with Crippen molar-refractivity contribution in [3.05, 3.63) is 35.4 Å². The van der Waals surface area contributed by atoms with Crippen LogP contribution in [-0.2, 0) is 4.79 Å². The summed E-state index contributed by atoms with van der Waals surface area (Å²) in [4.78, 5) is 21.4. The minimum atomic E-state index is -1.15. The summed E-state index contributed by atoms with van der Waals surface area (Å²) in [5.41, 5.74) is 0.753. The van der Waals surface area contributed by atoms with Crippen molar-refractivity contribution in [2.24, 2.45) is 0 Å². The molecule has 14 heavy (non-hydrogen) atoms. The van der Waals surface area contributed by atoms with Gasteiger partial charge in [-0.25, -0.2) is 0 Å². The van der Waals surface area contributed by atoms with E-state index in [1.54, 1.807) is 0 Å². The lowest BCUT2D eigenvalue weighted by Gasteiger charge is -1.96. The number of carbonyl (C=O) groups is 2. The van der Waals surface area contributed by atoms with Crippen molar-refractivity contribution in [1.29, 1.82) is 5.26 Å². The summed E-state index contributed by atoms with van der Waals surface area (Å²) >= 11 is 0. The maximum atomic E-state index is 11.2. The molecule has 0 aromatic heterocycles. The fourth-order valence-corrected chi connectivity index (χ4v) is 0.970. The summed E-state index contributed by atoms with van der Waals surface area (Å²) in [6, 6.07) is 7.77. The molecule has 0 unspecified atom stereocenters. The number of aliphatic carboxylic acids is 1. The summed E-state index contributed by atoms with van der Waals surface area (Å²) in [5.74, 6) is -1.61. The van der Waals surface area contributed by atoms with Gasteiger partial charge in [0.1, 0.15) is 6.42 Å². The van der Waals surface area contributed by atoms with E-state index in [9.17, 15) is 9.59 Å². The molecule has 0 spiro atoms. The first-order valence-electron chi connectivity index (χ1n) is 3.88. The Bertz CT molecular complexity index is 400. The lowest BCUT2D eigenvalue weighted by Crippen LogP contribution is -2.06. The number of nitriles is 1. The molecule has 0 saturated heterocycles. The molecule has 0 fully saturated rings. The second kappa shape index (κ2) is 4.19. The average molecular weight is 189 g/mol. The van der Waals surface area contributed by atoms with Gasteiger partial charge in [0, 0.05) is 5.56 Å². The van der Waals surface area contributed by atoms with Gasteiger partial charge in [0.2, 0.25) is 0 Å². The van der Waals surface area contributed by atoms with Gasteiger partial charge in [-0.3, -0.25) is 9.59 Å². The summed E-state index contributed by atoms with van der Waals surface area (Å²) in [5, 5.41) is 16.9. The van der Waals surface area contributed by atoms with Crippen LogP contribution in [0.2, 0.25) is 0 Å². The lowest BCUT2D eigenvalue weighted by atomic mass is 10.1. The fraction of sp³-hybridized carbons (Fsp3) is 0.100. The molecule has 0 radical (unpaired) electrons. The Kier molecular flexibility index (Phi) is 2.97. The third-order valence-corrected chi connectivity index (χ3v) is 1.65. The van der Waals surface area contributed by atoms with Crippen LogP contribution in [0.1, 0.15) is 22.3 Å². The minimum absolute atomic E-state index is 0.311. The van der Waals surface area contributed by atoms with E-state index in [-0.39, 0.29) is 0 Å². The number of nitrogens with zero attached hydrogens (tertiary/aromatic N) is 1. The molecule has 0 amide bonds. The highest BCUT2D eigenvalue weighted by molar-refractivity contribution is 6.05. The molecule has 0 bridgehead atoms. The van der Waals surface area contributed by atoms with Crippen molar-refractivity contribution in [3.8, 4) is 6.07 Å². The molecule has 70 valence electrons. The molecule has 1 aromatic carbocycles. The van der Waals surface area contributed by atoms with Crippen LogP contribution >= 0.6 is 0 Å². The van der Waals surface area contributed by atoms with Gasteiger partial charge in [-0.15, -0.1) is 0 Å². The zero-order chi connectivity index (χ0) is 10.6. The molecule has 4 heteroatoms. The number of carboxylic acid groups (broad SMARTS) is 1. The molecule has 0 aliphatic carbocycles. The van der Waals surface area contributed by atoms with Crippen LogP contribution in [0.25, 0.3) is 0 Å². The van der Waals surface area contributed by atoms with Gasteiger partial charge in [-0.1, -0.05) is 12.1 Å².